The van der Waals surface area contributed by atoms with Crippen molar-refractivity contribution >= 4 is 39.9 Å². The predicted molar refractivity (Wildman–Crippen MR) is 92.8 cm³/mol. The van der Waals surface area contributed by atoms with Crippen LogP contribution in [-0.4, -0.2) is 36.5 Å². The topological polar surface area (TPSA) is 58.4 Å². The summed E-state index contributed by atoms with van der Waals surface area (Å²) in [6.07, 6.45) is 2.17. The van der Waals surface area contributed by atoms with E-state index in [4.69, 9.17) is 5.73 Å². The van der Waals surface area contributed by atoms with Gasteiger partial charge in [-0.05, 0) is 66.8 Å². The van der Waals surface area contributed by atoms with Crippen molar-refractivity contribution in [3.63, 3.8) is 0 Å². The average Bonchev–Trinajstić information content (AvgIpc) is 2.42. The van der Waals surface area contributed by atoms with Crippen molar-refractivity contribution in [2.45, 2.75) is 25.8 Å². The van der Waals surface area contributed by atoms with E-state index < -0.39 is 0 Å². The van der Waals surface area contributed by atoms with E-state index in [1.54, 1.807) is 0 Å². The lowest BCUT2D eigenvalue weighted by atomic mass is 9.91. The van der Waals surface area contributed by atoms with Crippen molar-refractivity contribution in [1.82, 2.24) is 4.90 Å². The summed E-state index contributed by atoms with van der Waals surface area (Å²) >= 11 is 3.43. The Hall–Kier alpha value is -0.620. The molecule has 0 aliphatic carbocycles. The Labute approximate surface area is 141 Å². The van der Waals surface area contributed by atoms with Crippen LogP contribution in [0.25, 0.3) is 0 Å². The summed E-state index contributed by atoms with van der Waals surface area (Å²) in [6, 6.07) is 7.91. The minimum absolute atomic E-state index is 0. The van der Waals surface area contributed by atoms with E-state index in [1.165, 1.54) is 0 Å². The van der Waals surface area contributed by atoms with Gasteiger partial charge in [-0.1, -0.05) is 12.1 Å². The van der Waals surface area contributed by atoms with Crippen LogP contribution in [0.3, 0.4) is 0 Å². The summed E-state index contributed by atoms with van der Waals surface area (Å²) in [4.78, 5) is 14.2. The van der Waals surface area contributed by atoms with E-state index in [9.17, 15) is 4.79 Å². The van der Waals surface area contributed by atoms with Gasteiger partial charge in [0.25, 0.3) is 0 Å². The molecule has 1 aliphatic heterocycles. The summed E-state index contributed by atoms with van der Waals surface area (Å²) in [6.45, 7) is 4.43. The molecule has 6 heteroatoms. The van der Waals surface area contributed by atoms with Crippen molar-refractivity contribution in [3.05, 3.63) is 28.7 Å². The number of piperidine rings is 1. The average molecular weight is 377 g/mol. The quantitative estimate of drug-likeness (QED) is 0.849. The van der Waals surface area contributed by atoms with Crippen LogP contribution >= 0.6 is 28.3 Å². The summed E-state index contributed by atoms with van der Waals surface area (Å²) in [5.74, 6) is 0.633. The number of halogens is 2. The zero-order valence-corrected chi connectivity index (χ0v) is 14.6. The monoisotopic (exact) mass is 375 g/mol. The zero-order chi connectivity index (χ0) is 14.5. The van der Waals surface area contributed by atoms with E-state index in [-0.39, 0.29) is 24.4 Å². The lowest BCUT2D eigenvalue weighted by Crippen LogP contribution is -2.42. The van der Waals surface area contributed by atoms with Gasteiger partial charge in [-0.25, -0.2) is 0 Å². The molecule has 118 valence electrons. The molecular weight excluding hydrogens is 354 g/mol. The number of carbonyl (C=O) groups is 1. The van der Waals surface area contributed by atoms with Crippen LogP contribution in [0.5, 0.6) is 0 Å². The molecule has 1 atom stereocenters. The third-order valence-corrected chi connectivity index (χ3v) is 4.58. The van der Waals surface area contributed by atoms with Gasteiger partial charge < -0.3 is 11.1 Å². The minimum Gasteiger partial charge on any atom is -0.328 e. The SMILES string of the molecule is CC(N)C1CCN(CC(=O)Nc2ccccc2Br)CC1.Cl. The van der Waals surface area contributed by atoms with E-state index in [0.29, 0.717) is 12.5 Å². The molecule has 1 aromatic rings. The summed E-state index contributed by atoms with van der Waals surface area (Å²) in [5.41, 5.74) is 6.75. The second kappa shape index (κ2) is 8.73. The number of likely N-dealkylation sites (tertiary alicyclic amines) is 1. The molecule has 21 heavy (non-hydrogen) atoms. The van der Waals surface area contributed by atoms with E-state index >= 15 is 0 Å². The van der Waals surface area contributed by atoms with Crippen LogP contribution in [0.2, 0.25) is 0 Å². The third-order valence-electron chi connectivity index (χ3n) is 3.89. The second-order valence-corrected chi connectivity index (χ2v) is 6.36. The lowest BCUT2D eigenvalue weighted by molar-refractivity contribution is -0.117. The molecular formula is C15H23BrClN3O. The van der Waals surface area contributed by atoms with Crippen molar-refractivity contribution < 1.29 is 4.79 Å². The molecule has 3 N–H and O–H groups in total. The molecule has 4 nitrogen and oxygen atoms in total. The Morgan fingerprint density at radius 3 is 2.62 bits per heavy atom. The molecule has 2 rings (SSSR count). The minimum atomic E-state index is 0. The summed E-state index contributed by atoms with van der Waals surface area (Å²) < 4.78 is 0.906. The molecule has 0 bridgehead atoms. The van der Waals surface area contributed by atoms with Gasteiger partial charge in [0.05, 0.1) is 12.2 Å². The largest absolute Gasteiger partial charge is 0.328 e. The first-order valence-corrected chi connectivity index (χ1v) is 7.88. The maximum absolute atomic E-state index is 12.0. The number of nitrogens with two attached hydrogens (primary N) is 1. The van der Waals surface area contributed by atoms with Crippen molar-refractivity contribution in [1.29, 1.82) is 0 Å². The Balaban J connectivity index is 0.00000220. The van der Waals surface area contributed by atoms with Gasteiger partial charge in [-0.3, -0.25) is 9.69 Å². The van der Waals surface area contributed by atoms with E-state index in [0.717, 1.165) is 36.1 Å². The highest BCUT2D eigenvalue weighted by Crippen LogP contribution is 2.22. The fraction of sp³-hybridized carbons (Fsp3) is 0.533. The number of benzene rings is 1. The fourth-order valence-corrected chi connectivity index (χ4v) is 2.98. The van der Waals surface area contributed by atoms with Gasteiger partial charge in [-0.15, -0.1) is 12.4 Å². The number of anilines is 1. The molecule has 0 spiro atoms. The number of carbonyl (C=O) groups excluding carboxylic acids is 1. The number of amides is 1. The molecule has 1 aliphatic rings. The zero-order valence-electron chi connectivity index (χ0n) is 12.2. The number of para-hydroxylation sites is 1. The molecule has 0 saturated carbocycles. The molecule has 1 fully saturated rings. The van der Waals surface area contributed by atoms with Gasteiger partial charge in [0.1, 0.15) is 0 Å². The maximum atomic E-state index is 12.0. The number of rotatable bonds is 4. The Bertz CT molecular complexity index is 462. The third kappa shape index (κ3) is 5.58. The summed E-state index contributed by atoms with van der Waals surface area (Å²) in [5, 5.41) is 2.94. The van der Waals surface area contributed by atoms with Crippen LogP contribution in [0.1, 0.15) is 19.8 Å². The first kappa shape index (κ1) is 18.4. The highest BCUT2D eigenvalue weighted by molar-refractivity contribution is 9.10. The highest BCUT2D eigenvalue weighted by atomic mass is 79.9. The number of hydrogen-bond acceptors (Lipinski definition) is 3. The normalized spacial score (nSPS) is 17.9. The smallest absolute Gasteiger partial charge is 0.238 e. The molecule has 1 saturated heterocycles. The first-order valence-electron chi connectivity index (χ1n) is 7.08. The Morgan fingerprint density at radius 2 is 2.05 bits per heavy atom. The Kier molecular flexibility index (Phi) is 7.66. The van der Waals surface area contributed by atoms with Crippen LogP contribution in [-0.2, 0) is 4.79 Å². The molecule has 1 heterocycles. The molecule has 1 aromatic carbocycles. The van der Waals surface area contributed by atoms with E-state index in [2.05, 4.69) is 33.1 Å². The predicted octanol–water partition coefficient (Wildman–Crippen LogP) is 2.87. The molecule has 1 amide bonds. The maximum Gasteiger partial charge on any atom is 0.238 e. The van der Waals surface area contributed by atoms with Gasteiger partial charge >= 0.3 is 0 Å². The van der Waals surface area contributed by atoms with Crippen LogP contribution < -0.4 is 11.1 Å². The van der Waals surface area contributed by atoms with Crippen molar-refractivity contribution in [2.75, 3.05) is 25.0 Å². The van der Waals surface area contributed by atoms with Crippen LogP contribution in [0.15, 0.2) is 28.7 Å². The number of nitrogens with one attached hydrogen (secondary N) is 1. The van der Waals surface area contributed by atoms with Crippen LogP contribution in [0, 0.1) is 5.92 Å². The van der Waals surface area contributed by atoms with Gasteiger partial charge in [0.2, 0.25) is 5.91 Å². The Morgan fingerprint density at radius 1 is 1.43 bits per heavy atom. The van der Waals surface area contributed by atoms with Crippen LogP contribution in [0.4, 0.5) is 5.69 Å². The van der Waals surface area contributed by atoms with Crippen molar-refractivity contribution in [3.8, 4) is 0 Å². The van der Waals surface area contributed by atoms with Crippen molar-refractivity contribution in [2.24, 2.45) is 11.7 Å². The first-order chi connectivity index (χ1) is 9.56. The van der Waals surface area contributed by atoms with Gasteiger partial charge in [-0.2, -0.15) is 0 Å². The van der Waals surface area contributed by atoms with Gasteiger partial charge in [0.15, 0.2) is 0 Å². The van der Waals surface area contributed by atoms with Gasteiger partial charge in [0, 0.05) is 10.5 Å². The molecule has 1 unspecified atom stereocenters. The number of nitrogens with zero attached hydrogens (tertiary/aromatic N) is 1. The molecule has 0 radical (unpaired) electrons. The fourth-order valence-electron chi connectivity index (χ4n) is 2.59. The number of hydrogen-bond donors (Lipinski definition) is 2. The molecule has 0 aromatic heterocycles. The lowest BCUT2D eigenvalue weighted by Gasteiger charge is -2.33. The highest BCUT2D eigenvalue weighted by Gasteiger charge is 2.23. The van der Waals surface area contributed by atoms with E-state index in [1.807, 2.05) is 24.3 Å². The summed E-state index contributed by atoms with van der Waals surface area (Å²) in [7, 11) is 0. The second-order valence-electron chi connectivity index (χ2n) is 5.50. The standard InChI is InChI=1S/C15H22BrN3O.ClH/c1-11(17)12-6-8-19(9-7-12)10-15(20)18-14-5-3-2-4-13(14)16;/h2-5,11-12H,6-10,17H2,1H3,(H,18,20);1H.